The van der Waals surface area contributed by atoms with Crippen molar-refractivity contribution >= 4 is 6.03 Å². The molecule has 0 saturated heterocycles. The van der Waals surface area contributed by atoms with Crippen molar-refractivity contribution in [3.05, 3.63) is 60.2 Å². The van der Waals surface area contributed by atoms with Crippen LogP contribution >= 0.6 is 0 Å². The highest BCUT2D eigenvalue weighted by Gasteiger charge is 2.32. The molecule has 0 spiro atoms. The Balaban J connectivity index is 1.72. The van der Waals surface area contributed by atoms with Crippen LogP contribution in [0.15, 0.2) is 54.6 Å². The standard InChI is InChI=1S/C20H24N2O2/c1-3-22(16-13-14-16)20(23)21-15(2)18-11-7-8-12-19(18)24-17-9-5-4-6-10-17/h4-12,15-16H,3,13-14H2,1-2H3,(H,21,23). The largest absolute Gasteiger partial charge is 0.457 e. The predicted molar refractivity (Wildman–Crippen MR) is 95.3 cm³/mol. The molecule has 0 bridgehead atoms. The van der Waals surface area contributed by atoms with Crippen LogP contribution in [-0.2, 0) is 0 Å². The highest BCUT2D eigenvalue weighted by molar-refractivity contribution is 5.75. The monoisotopic (exact) mass is 324 g/mol. The molecule has 1 aliphatic carbocycles. The van der Waals surface area contributed by atoms with Gasteiger partial charge in [-0.25, -0.2) is 4.79 Å². The zero-order valence-corrected chi connectivity index (χ0v) is 14.2. The van der Waals surface area contributed by atoms with Crippen molar-refractivity contribution in [2.75, 3.05) is 6.54 Å². The first-order valence-corrected chi connectivity index (χ1v) is 8.58. The second kappa shape index (κ2) is 7.39. The van der Waals surface area contributed by atoms with E-state index in [1.165, 1.54) is 0 Å². The minimum Gasteiger partial charge on any atom is -0.457 e. The Morgan fingerprint density at radius 2 is 1.83 bits per heavy atom. The van der Waals surface area contributed by atoms with Crippen LogP contribution in [0.2, 0.25) is 0 Å². The summed E-state index contributed by atoms with van der Waals surface area (Å²) in [6.45, 7) is 4.76. The third-order valence-corrected chi connectivity index (χ3v) is 4.29. The van der Waals surface area contributed by atoms with Gasteiger partial charge >= 0.3 is 6.03 Å². The first-order chi connectivity index (χ1) is 11.7. The summed E-state index contributed by atoms with van der Waals surface area (Å²) in [5.74, 6) is 1.56. The molecule has 2 amide bonds. The maximum absolute atomic E-state index is 12.5. The van der Waals surface area contributed by atoms with Gasteiger partial charge in [0.05, 0.1) is 6.04 Å². The van der Waals surface area contributed by atoms with Crippen LogP contribution < -0.4 is 10.1 Å². The van der Waals surface area contributed by atoms with Gasteiger partial charge < -0.3 is 15.0 Å². The molecule has 1 saturated carbocycles. The molecule has 4 heteroatoms. The van der Waals surface area contributed by atoms with E-state index < -0.39 is 0 Å². The van der Waals surface area contributed by atoms with Crippen molar-refractivity contribution in [3.63, 3.8) is 0 Å². The van der Waals surface area contributed by atoms with Crippen LogP contribution in [0.1, 0.15) is 38.3 Å². The Morgan fingerprint density at radius 1 is 1.17 bits per heavy atom. The number of nitrogens with one attached hydrogen (secondary N) is 1. The van der Waals surface area contributed by atoms with Crippen molar-refractivity contribution in [1.82, 2.24) is 10.2 Å². The Labute approximate surface area is 143 Å². The van der Waals surface area contributed by atoms with E-state index in [1.54, 1.807) is 0 Å². The lowest BCUT2D eigenvalue weighted by atomic mass is 10.1. The van der Waals surface area contributed by atoms with E-state index in [9.17, 15) is 4.79 Å². The van der Waals surface area contributed by atoms with Crippen LogP contribution in [0.4, 0.5) is 4.79 Å². The lowest BCUT2D eigenvalue weighted by molar-refractivity contribution is 0.194. The third kappa shape index (κ3) is 3.88. The zero-order valence-electron chi connectivity index (χ0n) is 14.2. The normalized spacial score (nSPS) is 14.8. The highest BCUT2D eigenvalue weighted by Crippen LogP contribution is 2.30. The number of para-hydroxylation sites is 2. The lowest BCUT2D eigenvalue weighted by Gasteiger charge is -2.25. The summed E-state index contributed by atoms with van der Waals surface area (Å²) >= 11 is 0. The highest BCUT2D eigenvalue weighted by atomic mass is 16.5. The van der Waals surface area contributed by atoms with Crippen LogP contribution in [0.3, 0.4) is 0 Å². The number of rotatable bonds is 6. The molecular formula is C20H24N2O2. The van der Waals surface area contributed by atoms with Crippen molar-refractivity contribution < 1.29 is 9.53 Å². The molecule has 24 heavy (non-hydrogen) atoms. The fourth-order valence-corrected chi connectivity index (χ4v) is 2.85. The molecule has 0 heterocycles. The van der Waals surface area contributed by atoms with Gasteiger partial charge in [-0.1, -0.05) is 36.4 Å². The number of ether oxygens (including phenoxy) is 1. The Kier molecular flexibility index (Phi) is 5.04. The summed E-state index contributed by atoms with van der Waals surface area (Å²) < 4.78 is 5.99. The van der Waals surface area contributed by atoms with Gasteiger partial charge in [0.15, 0.2) is 0 Å². The second-order valence-electron chi connectivity index (χ2n) is 6.14. The number of benzene rings is 2. The van der Waals surface area contributed by atoms with Crippen molar-refractivity contribution in [2.24, 2.45) is 0 Å². The molecule has 1 N–H and O–H groups in total. The number of urea groups is 1. The Bertz CT molecular complexity index is 683. The smallest absolute Gasteiger partial charge is 0.318 e. The Morgan fingerprint density at radius 3 is 2.50 bits per heavy atom. The van der Waals surface area contributed by atoms with E-state index in [0.717, 1.165) is 36.4 Å². The summed E-state index contributed by atoms with van der Waals surface area (Å²) in [7, 11) is 0. The van der Waals surface area contributed by atoms with Crippen LogP contribution in [0.25, 0.3) is 0 Å². The quantitative estimate of drug-likeness (QED) is 0.834. The number of hydrogen-bond donors (Lipinski definition) is 1. The van der Waals surface area contributed by atoms with Gasteiger partial charge in [-0.3, -0.25) is 0 Å². The minimum atomic E-state index is -0.120. The SMILES string of the molecule is CCN(C(=O)NC(C)c1ccccc1Oc1ccccc1)C1CC1. The minimum absolute atomic E-state index is 0.00186. The number of hydrogen-bond acceptors (Lipinski definition) is 2. The van der Waals surface area contributed by atoms with E-state index in [4.69, 9.17) is 4.74 Å². The number of carbonyl (C=O) groups excluding carboxylic acids is 1. The van der Waals surface area contributed by atoms with Gasteiger partial charge in [-0.2, -0.15) is 0 Å². The van der Waals surface area contributed by atoms with E-state index in [1.807, 2.05) is 73.3 Å². The molecule has 0 radical (unpaired) electrons. The van der Waals surface area contributed by atoms with Gasteiger partial charge in [0, 0.05) is 18.2 Å². The van der Waals surface area contributed by atoms with Crippen LogP contribution in [0.5, 0.6) is 11.5 Å². The summed E-state index contributed by atoms with van der Waals surface area (Å²) in [5, 5.41) is 3.10. The van der Waals surface area contributed by atoms with E-state index >= 15 is 0 Å². The first kappa shape index (κ1) is 16.4. The zero-order chi connectivity index (χ0) is 16.9. The van der Waals surface area contributed by atoms with Crippen LogP contribution in [-0.4, -0.2) is 23.5 Å². The fourth-order valence-electron chi connectivity index (χ4n) is 2.85. The number of amides is 2. The molecular weight excluding hydrogens is 300 g/mol. The van der Waals surface area contributed by atoms with Gasteiger partial charge in [-0.15, -0.1) is 0 Å². The maximum Gasteiger partial charge on any atom is 0.318 e. The van der Waals surface area contributed by atoms with Gasteiger partial charge in [0.1, 0.15) is 11.5 Å². The molecule has 3 rings (SSSR count). The summed E-state index contributed by atoms with van der Waals surface area (Å²) in [4.78, 5) is 14.4. The molecule has 0 aliphatic heterocycles. The molecule has 2 aromatic rings. The van der Waals surface area contributed by atoms with E-state index in [-0.39, 0.29) is 12.1 Å². The van der Waals surface area contributed by atoms with Gasteiger partial charge in [0.2, 0.25) is 0 Å². The predicted octanol–water partition coefficient (Wildman–Crippen LogP) is 4.73. The molecule has 1 unspecified atom stereocenters. The topological polar surface area (TPSA) is 41.6 Å². The molecule has 1 fully saturated rings. The molecule has 1 atom stereocenters. The number of nitrogens with zero attached hydrogens (tertiary/aromatic N) is 1. The van der Waals surface area contributed by atoms with E-state index in [2.05, 4.69) is 5.32 Å². The maximum atomic E-state index is 12.5. The summed E-state index contributed by atoms with van der Waals surface area (Å²) in [6.07, 6.45) is 2.23. The Hall–Kier alpha value is -2.49. The van der Waals surface area contributed by atoms with Gasteiger partial charge in [-0.05, 0) is 44.9 Å². The lowest BCUT2D eigenvalue weighted by Crippen LogP contribution is -2.42. The molecule has 4 nitrogen and oxygen atoms in total. The molecule has 1 aliphatic rings. The van der Waals surface area contributed by atoms with Gasteiger partial charge in [0.25, 0.3) is 0 Å². The fraction of sp³-hybridized carbons (Fsp3) is 0.350. The average molecular weight is 324 g/mol. The summed E-state index contributed by atoms with van der Waals surface area (Å²) in [6, 6.07) is 17.8. The van der Waals surface area contributed by atoms with Crippen molar-refractivity contribution in [1.29, 1.82) is 0 Å². The molecule has 2 aromatic carbocycles. The molecule has 126 valence electrons. The van der Waals surface area contributed by atoms with Crippen molar-refractivity contribution in [3.8, 4) is 11.5 Å². The summed E-state index contributed by atoms with van der Waals surface area (Å²) in [5.41, 5.74) is 0.974. The van der Waals surface area contributed by atoms with Crippen molar-refractivity contribution in [2.45, 2.75) is 38.8 Å². The molecule has 0 aromatic heterocycles. The van der Waals surface area contributed by atoms with Crippen LogP contribution in [0, 0.1) is 0 Å². The first-order valence-electron chi connectivity index (χ1n) is 8.58. The average Bonchev–Trinajstić information content (AvgIpc) is 3.42. The second-order valence-corrected chi connectivity index (χ2v) is 6.14. The van der Waals surface area contributed by atoms with E-state index in [0.29, 0.717) is 6.04 Å². The third-order valence-electron chi connectivity index (χ3n) is 4.29. The number of carbonyl (C=O) groups is 1.